The number of hydrogen-bond donors (Lipinski definition) is 2. The smallest absolute Gasteiger partial charge is 0.228 e. The molecule has 2 N–H and O–H groups in total. The van der Waals surface area contributed by atoms with Crippen molar-refractivity contribution in [3.8, 4) is 0 Å². The van der Waals surface area contributed by atoms with E-state index < -0.39 is 0 Å². The number of nitrogens with zero attached hydrogens (tertiary/aromatic N) is 6. The molecule has 4 rings (SSSR count). The molecule has 0 amide bonds. The second kappa shape index (κ2) is 8.49. The summed E-state index contributed by atoms with van der Waals surface area (Å²) in [6.07, 6.45) is 1.76. The summed E-state index contributed by atoms with van der Waals surface area (Å²) in [4.78, 5) is 16.3. The summed E-state index contributed by atoms with van der Waals surface area (Å²) < 4.78 is 7.45. The van der Waals surface area contributed by atoms with E-state index in [1.807, 2.05) is 36.7 Å². The first-order chi connectivity index (χ1) is 13.8. The Labute approximate surface area is 164 Å². The van der Waals surface area contributed by atoms with Crippen molar-refractivity contribution in [2.45, 2.75) is 20.4 Å². The molecule has 9 nitrogen and oxygen atoms in total. The van der Waals surface area contributed by atoms with Crippen molar-refractivity contribution in [2.75, 3.05) is 49.6 Å². The van der Waals surface area contributed by atoms with E-state index in [4.69, 9.17) is 19.8 Å². The Bertz CT molecular complexity index is 921. The summed E-state index contributed by atoms with van der Waals surface area (Å²) in [7, 11) is 0. The third kappa shape index (κ3) is 3.90. The second-order valence-corrected chi connectivity index (χ2v) is 6.65. The lowest BCUT2D eigenvalue weighted by Gasteiger charge is -2.27. The standard InChI is InChI=1S/C19H26N8O/c1-3-28-13-12-27-17-16(14(2)25-27)23-19(26-10-8-20-9-11-26)24-18(17)22-15-6-4-5-7-21-15/h4-7,20H,3,8-13H2,1-2H3,(H,21,22,23,24). The zero-order chi connectivity index (χ0) is 19.3. The lowest BCUT2D eigenvalue weighted by atomic mass is 10.3. The first-order valence-electron chi connectivity index (χ1n) is 9.73. The highest BCUT2D eigenvalue weighted by Gasteiger charge is 2.21. The van der Waals surface area contributed by atoms with Crippen LogP contribution in [0.15, 0.2) is 24.4 Å². The van der Waals surface area contributed by atoms with Crippen LogP contribution in [0.4, 0.5) is 17.6 Å². The van der Waals surface area contributed by atoms with Gasteiger partial charge in [0.05, 0.1) is 18.8 Å². The maximum Gasteiger partial charge on any atom is 0.228 e. The van der Waals surface area contributed by atoms with Crippen molar-refractivity contribution in [1.82, 2.24) is 30.0 Å². The average Bonchev–Trinajstić information content (AvgIpc) is 3.05. The van der Waals surface area contributed by atoms with Crippen LogP contribution in [-0.4, -0.2) is 64.1 Å². The Kier molecular flexibility index (Phi) is 5.63. The molecule has 148 valence electrons. The van der Waals surface area contributed by atoms with Gasteiger partial charge in [-0.2, -0.15) is 10.1 Å². The molecule has 0 radical (unpaired) electrons. The van der Waals surface area contributed by atoms with Gasteiger partial charge in [-0.05, 0) is 26.0 Å². The number of fused-ring (bicyclic) bond motifs is 1. The SMILES string of the molecule is CCOCCn1nc(C)c2nc(N3CCNCC3)nc(Nc3ccccn3)c21. The molecule has 0 aliphatic carbocycles. The first kappa shape index (κ1) is 18.6. The van der Waals surface area contributed by atoms with E-state index in [1.54, 1.807) is 6.20 Å². The average molecular weight is 382 g/mol. The fourth-order valence-electron chi connectivity index (χ4n) is 3.33. The normalized spacial score (nSPS) is 14.6. The van der Waals surface area contributed by atoms with E-state index in [0.717, 1.165) is 54.7 Å². The van der Waals surface area contributed by atoms with Crippen molar-refractivity contribution in [3.05, 3.63) is 30.1 Å². The minimum absolute atomic E-state index is 0.593. The van der Waals surface area contributed by atoms with Crippen LogP contribution in [0.1, 0.15) is 12.6 Å². The summed E-state index contributed by atoms with van der Waals surface area (Å²) in [5.41, 5.74) is 2.62. The van der Waals surface area contributed by atoms with Crippen LogP contribution in [0.5, 0.6) is 0 Å². The van der Waals surface area contributed by atoms with E-state index >= 15 is 0 Å². The van der Waals surface area contributed by atoms with E-state index in [-0.39, 0.29) is 0 Å². The van der Waals surface area contributed by atoms with Crippen molar-refractivity contribution >= 4 is 28.6 Å². The lowest BCUT2D eigenvalue weighted by Crippen LogP contribution is -2.44. The van der Waals surface area contributed by atoms with Gasteiger partial charge in [0, 0.05) is 39.0 Å². The van der Waals surface area contributed by atoms with Gasteiger partial charge in [0.2, 0.25) is 5.95 Å². The van der Waals surface area contributed by atoms with Crippen molar-refractivity contribution in [2.24, 2.45) is 0 Å². The van der Waals surface area contributed by atoms with Gasteiger partial charge in [0.25, 0.3) is 0 Å². The predicted octanol–water partition coefficient (Wildman–Crippen LogP) is 1.72. The van der Waals surface area contributed by atoms with Gasteiger partial charge in [-0.1, -0.05) is 6.07 Å². The van der Waals surface area contributed by atoms with Crippen LogP contribution >= 0.6 is 0 Å². The van der Waals surface area contributed by atoms with E-state index in [1.165, 1.54) is 0 Å². The predicted molar refractivity (Wildman–Crippen MR) is 109 cm³/mol. The first-order valence-corrected chi connectivity index (χ1v) is 9.73. The number of nitrogens with one attached hydrogen (secondary N) is 2. The molecule has 0 aromatic carbocycles. The quantitative estimate of drug-likeness (QED) is 0.597. The summed E-state index contributed by atoms with van der Waals surface area (Å²) >= 11 is 0. The topological polar surface area (TPSA) is 93.0 Å². The van der Waals surface area contributed by atoms with Crippen LogP contribution in [0, 0.1) is 6.92 Å². The minimum Gasteiger partial charge on any atom is -0.380 e. The fraction of sp³-hybridized carbons (Fsp3) is 0.474. The summed E-state index contributed by atoms with van der Waals surface area (Å²) in [5, 5.41) is 11.4. The highest BCUT2D eigenvalue weighted by atomic mass is 16.5. The third-order valence-corrected chi connectivity index (χ3v) is 4.71. The Morgan fingerprint density at radius 2 is 2.07 bits per heavy atom. The summed E-state index contributed by atoms with van der Waals surface area (Å²) in [5.74, 6) is 2.18. The number of hydrogen-bond acceptors (Lipinski definition) is 8. The molecule has 1 aliphatic rings. The minimum atomic E-state index is 0.593. The molecule has 4 heterocycles. The number of pyridine rings is 1. The molecule has 1 saturated heterocycles. The number of ether oxygens (including phenoxy) is 1. The number of aryl methyl sites for hydroxylation is 1. The Morgan fingerprint density at radius 1 is 1.21 bits per heavy atom. The molecule has 28 heavy (non-hydrogen) atoms. The lowest BCUT2D eigenvalue weighted by molar-refractivity contribution is 0.137. The largest absolute Gasteiger partial charge is 0.380 e. The van der Waals surface area contributed by atoms with Crippen LogP contribution < -0.4 is 15.5 Å². The molecule has 1 fully saturated rings. The van der Waals surface area contributed by atoms with Gasteiger partial charge in [-0.3, -0.25) is 4.68 Å². The number of aromatic nitrogens is 5. The van der Waals surface area contributed by atoms with Gasteiger partial charge in [0.15, 0.2) is 5.82 Å². The van der Waals surface area contributed by atoms with Crippen molar-refractivity contribution in [3.63, 3.8) is 0 Å². The maximum absolute atomic E-state index is 5.52. The molecular formula is C19H26N8O. The molecule has 0 unspecified atom stereocenters. The third-order valence-electron chi connectivity index (χ3n) is 4.71. The maximum atomic E-state index is 5.52. The summed E-state index contributed by atoms with van der Waals surface area (Å²) in [6, 6.07) is 5.76. The zero-order valence-corrected chi connectivity index (χ0v) is 16.4. The Morgan fingerprint density at radius 3 is 2.82 bits per heavy atom. The molecular weight excluding hydrogens is 356 g/mol. The molecule has 3 aromatic heterocycles. The monoisotopic (exact) mass is 382 g/mol. The van der Waals surface area contributed by atoms with Crippen molar-refractivity contribution in [1.29, 1.82) is 0 Å². The molecule has 0 bridgehead atoms. The van der Waals surface area contributed by atoms with E-state index in [9.17, 15) is 0 Å². The highest BCUT2D eigenvalue weighted by molar-refractivity contribution is 5.90. The number of piperazine rings is 1. The number of anilines is 3. The Balaban J connectivity index is 1.78. The van der Waals surface area contributed by atoms with Crippen molar-refractivity contribution < 1.29 is 4.74 Å². The van der Waals surface area contributed by atoms with Crippen LogP contribution in [0.3, 0.4) is 0 Å². The highest BCUT2D eigenvalue weighted by Crippen LogP contribution is 2.28. The molecule has 0 atom stereocenters. The Hall–Kier alpha value is -2.78. The van der Waals surface area contributed by atoms with Crippen LogP contribution in [-0.2, 0) is 11.3 Å². The van der Waals surface area contributed by atoms with Crippen LogP contribution in [0.2, 0.25) is 0 Å². The summed E-state index contributed by atoms with van der Waals surface area (Å²) in [6.45, 7) is 9.51. The van der Waals surface area contributed by atoms with Gasteiger partial charge >= 0.3 is 0 Å². The zero-order valence-electron chi connectivity index (χ0n) is 16.4. The van der Waals surface area contributed by atoms with E-state index in [0.29, 0.717) is 25.6 Å². The van der Waals surface area contributed by atoms with Gasteiger partial charge in [-0.25, -0.2) is 9.97 Å². The molecule has 0 spiro atoms. The van der Waals surface area contributed by atoms with Gasteiger partial charge < -0.3 is 20.3 Å². The number of rotatable bonds is 7. The van der Waals surface area contributed by atoms with Gasteiger partial charge in [-0.15, -0.1) is 0 Å². The molecule has 3 aromatic rings. The molecule has 1 aliphatic heterocycles. The van der Waals surface area contributed by atoms with E-state index in [2.05, 4.69) is 20.5 Å². The fourth-order valence-corrected chi connectivity index (χ4v) is 3.33. The van der Waals surface area contributed by atoms with Crippen LogP contribution in [0.25, 0.3) is 11.0 Å². The van der Waals surface area contributed by atoms with Gasteiger partial charge in [0.1, 0.15) is 16.9 Å². The molecule has 9 heteroatoms. The molecule has 0 saturated carbocycles. The second-order valence-electron chi connectivity index (χ2n) is 6.65.